The monoisotopic (exact) mass is 303 g/mol. The molecule has 0 aliphatic carbocycles. The molecule has 0 amide bonds. The summed E-state index contributed by atoms with van der Waals surface area (Å²) < 4.78 is 18.3. The normalized spacial score (nSPS) is 12.2. The summed E-state index contributed by atoms with van der Waals surface area (Å²) in [4.78, 5) is 11.3. The fraction of sp³-hybridized carbons (Fsp3) is 0.417. The third-order valence-corrected chi connectivity index (χ3v) is 2.84. The van der Waals surface area contributed by atoms with Gasteiger partial charge in [-0.15, -0.1) is 0 Å². The van der Waals surface area contributed by atoms with Crippen LogP contribution in [0.5, 0.6) is 0 Å². The number of hydrogen-bond donors (Lipinski definition) is 1. The Balaban J connectivity index is 2.50. The molecular formula is C12H15BrFNO2. The van der Waals surface area contributed by atoms with Gasteiger partial charge in [-0.3, -0.25) is 4.79 Å². The van der Waals surface area contributed by atoms with Gasteiger partial charge in [-0.1, -0.05) is 6.07 Å². The minimum atomic E-state index is -0.376. The van der Waals surface area contributed by atoms with Gasteiger partial charge in [0.25, 0.3) is 0 Å². The van der Waals surface area contributed by atoms with E-state index in [1.807, 2.05) is 0 Å². The summed E-state index contributed by atoms with van der Waals surface area (Å²) >= 11 is 3.11. The van der Waals surface area contributed by atoms with E-state index in [9.17, 15) is 9.18 Å². The van der Waals surface area contributed by atoms with Crippen molar-refractivity contribution in [2.24, 2.45) is 0 Å². The van der Waals surface area contributed by atoms with Gasteiger partial charge in [0.1, 0.15) is 11.9 Å². The molecule has 0 radical (unpaired) electrons. The molecule has 5 heteroatoms. The Bertz CT molecular complexity index is 398. The summed E-state index contributed by atoms with van der Waals surface area (Å²) in [6.07, 6.45) is 0. The van der Waals surface area contributed by atoms with Crippen LogP contribution in [-0.2, 0) is 16.1 Å². The molecule has 1 aromatic carbocycles. The van der Waals surface area contributed by atoms with Crippen LogP contribution in [-0.4, -0.2) is 18.6 Å². The number of halogens is 2. The lowest BCUT2D eigenvalue weighted by Crippen LogP contribution is -2.34. The lowest BCUT2D eigenvalue weighted by Gasteiger charge is -2.12. The first kappa shape index (κ1) is 14.1. The molecule has 17 heavy (non-hydrogen) atoms. The second-order valence-corrected chi connectivity index (χ2v) is 4.46. The molecule has 0 saturated carbocycles. The number of rotatable bonds is 5. The van der Waals surface area contributed by atoms with Crippen LogP contribution >= 0.6 is 15.9 Å². The van der Waals surface area contributed by atoms with E-state index in [4.69, 9.17) is 4.74 Å². The Kier molecular flexibility index (Phi) is 5.58. The molecule has 0 saturated heterocycles. The predicted molar refractivity (Wildman–Crippen MR) is 67.0 cm³/mol. The van der Waals surface area contributed by atoms with Crippen LogP contribution in [0.1, 0.15) is 19.4 Å². The van der Waals surface area contributed by atoms with Crippen LogP contribution in [0.2, 0.25) is 0 Å². The number of carbonyl (C=O) groups is 1. The number of ether oxygens (including phenoxy) is 1. The zero-order valence-electron chi connectivity index (χ0n) is 9.80. The zero-order chi connectivity index (χ0) is 12.8. The van der Waals surface area contributed by atoms with E-state index in [1.165, 1.54) is 6.07 Å². The number of hydrogen-bond acceptors (Lipinski definition) is 3. The highest BCUT2D eigenvalue weighted by molar-refractivity contribution is 9.10. The van der Waals surface area contributed by atoms with E-state index < -0.39 is 0 Å². The first-order valence-electron chi connectivity index (χ1n) is 5.38. The molecule has 1 N–H and O–H groups in total. The minimum Gasteiger partial charge on any atom is -0.465 e. The third-order valence-electron chi connectivity index (χ3n) is 2.24. The fourth-order valence-electron chi connectivity index (χ4n) is 1.27. The number of nitrogens with one attached hydrogen (secondary N) is 1. The molecule has 3 nitrogen and oxygen atoms in total. The number of esters is 1. The maximum absolute atomic E-state index is 13.0. The lowest BCUT2D eigenvalue weighted by molar-refractivity contribution is -0.145. The summed E-state index contributed by atoms with van der Waals surface area (Å²) in [7, 11) is 0. The van der Waals surface area contributed by atoms with Gasteiger partial charge in [0.2, 0.25) is 0 Å². The van der Waals surface area contributed by atoms with Crippen LogP contribution in [0.15, 0.2) is 22.7 Å². The molecule has 0 bridgehead atoms. The maximum atomic E-state index is 13.0. The smallest absolute Gasteiger partial charge is 0.322 e. The Morgan fingerprint density at radius 1 is 1.59 bits per heavy atom. The van der Waals surface area contributed by atoms with Gasteiger partial charge < -0.3 is 10.1 Å². The van der Waals surface area contributed by atoms with Crippen molar-refractivity contribution < 1.29 is 13.9 Å². The Morgan fingerprint density at radius 2 is 2.29 bits per heavy atom. The first-order valence-corrected chi connectivity index (χ1v) is 6.17. The summed E-state index contributed by atoms with van der Waals surface area (Å²) in [5.74, 6) is -0.583. The summed E-state index contributed by atoms with van der Waals surface area (Å²) in [5, 5.41) is 3.01. The average Bonchev–Trinajstić information content (AvgIpc) is 2.30. The summed E-state index contributed by atoms with van der Waals surface area (Å²) in [6.45, 7) is 4.35. The average molecular weight is 304 g/mol. The number of carbonyl (C=O) groups excluding carboxylic acids is 1. The largest absolute Gasteiger partial charge is 0.465 e. The van der Waals surface area contributed by atoms with Crippen LogP contribution in [0.4, 0.5) is 4.39 Å². The van der Waals surface area contributed by atoms with Crippen LogP contribution in [0.25, 0.3) is 0 Å². The second kappa shape index (κ2) is 6.71. The van der Waals surface area contributed by atoms with E-state index in [2.05, 4.69) is 21.2 Å². The first-order chi connectivity index (χ1) is 8.04. The molecule has 0 heterocycles. The van der Waals surface area contributed by atoms with Crippen LogP contribution in [0.3, 0.4) is 0 Å². The van der Waals surface area contributed by atoms with Crippen molar-refractivity contribution in [3.63, 3.8) is 0 Å². The van der Waals surface area contributed by atoms with Gasteiger partial charge in [-0.2, -0.15) is 0 Å². The van der Waals surface area contributed by atoms with Gasteiger partial charge in [0, 0.05) is 6.54 Å². The van der Waals surface area contributed by atoms with Crippen molar-refractivity contribution >= 4 is 21.9 Å². The molecule has 0 fully saturated rings. The SMILES string of the molecule is CCOC(=O)C(C)NCc1ccc(F)c(Br)c1. The molecular weight excluding hydrogens is 289 g/mol. The van der Waals surface area contributed by atoms with Gasteiger partial charge in [-0.25, -0.2) is 4.39 Å². The van der Waals surface area contributed by atoms with Gasteiger partial charge in [0.15, 0.2) is 0 Å². The van der Waals surface area contributed by atoms with E-state index in [1.54, 1.807) is 26.0 Å². The fourth-order valence-corrected chi connectivity index (χ4v) is 1.70. The highest BCUT2D eigenvalue weighted by atomic mass is 79.9. The highest BCUT2D eigenvalue weighted by Gasteiger charge is 2.12. The van der Waals surface area contributed by atoms with Crippen LogP contribution in [0, 0.1) is 5.82 Å². The Morgan fingerprint density at radius 3 is 2.88 bits per heavy atom. The van der Waals surface area contributed by atoms with E-state index in [-0.39, 0.29) is 17.8 Å². The van der Waals surface area contributed by atoms with E-state index >= 15 is 0 Å². The molecule has 1 rings (SSSR count). The molecule has 1 aromatic rings. The molecule has 0 aliphatic heterocycles. The van der Waals surface area contributed by atoms with Crippen molar-refractivity contribution in [2.75, 3.05) is 6.61 Å². The highest BCUT2D eigenvalue weighted by Crippen LogP contribution is 2.16. The Hall–Kier alpha value is -0.940. The van der Waals surface area contributed by atoms with Crippen molar-refractivity contribution in [3.05, 3.63) is 34.1 Å². The van der Waals surface area contributed by atoms with Gasteiger partial charge >= 0.3 is 5.97 Å². The van der Waals surface area contributed by atoms with Crippen molar-refractivity contribution in [1.29, 1.82) is 0 Å². The van der Waals surface area contributed by atoms with Gasteiger partial charge in [0.05, 0.1) is 11.1 Å². The van der Waals surface area contributed by atoms with Crippen molar-refractivity contribution in [2.45, 2.75) is 26.4 Å². The topological polar surface area (TPSA) is 38.3 Å². The number of benzene rings is 1. The van der Waals surface area contributed by atoms with Crippen molar-refractivity contribution in [3.8, 4) is 0 Å². The molecule has 0 aliphatic rings. The molecule has 1 atom stereocenters. The van der Waals surface area contributed by atoms with Crippen LogP contribution < -0.4 is 5.32 Å². The summed E-state index contributed by atoms with van der Waals surface area (Å²) in [6, 6.07) is 4.36. The van der Waals surface area contributed by atoms with Crippen molar-refractivity contribution in [1.82, 2.24) is 5.32 Å². The Labute approximate surface area is 108 Å². The molecule has 0 spiro atoms. The van der Waals surface area contributed by atoms with E-state index in [0.717, 1.165) is 5.56 Å². The minimum absolute atomic E-state index is 0.284. The standard InChI is InChI=1S/C12H15BrFNO2/c1-3-17-12(16)8(2)15-7-9-4-5-11(14)10(13)6-9/h4-6,8,15H,3,7H2,1-2H3. The predicted octanol–water partition coefficient (Wildman–Crippen LogP) is 2.63. The molecule has 0 aromatic heterocycles. The summed E-state index contributed by atoms with van der Waals surface area (Å²) in [5.41, 5.74) is 0.898. The maximum Gasteiger partial charge on any atom is 0.322 e. The van der Waals surface area contributed by atoms with E-state index in [0.29, 0.717) is 17.6 Å². The second-order valence-electron chi connectivity index (χ2n) is 3.60. The quantitative estimate of drug-likeness (QED) is 0.850. The van der Waals surface area contributed by atoms with Gasteiger partial charge in [-0.05, 0) is 47.5 Å². The molecule has 94 valence electrons. The lowest BCUT2D eigenvalue weighted by atomic mass is 10.2. The molecule has 1 unspecified atom stereocenters. The zero-order valence-corrected chi connectivity index (χ0v) is 11.4. The third kappa shape index (κ3) is 4.44.